The molecule has 1 aromatic heterocycles. The van der Waals surface area contributed by atoms with Crippen LogP contribution >= 0.6 is 0 Å². The standard InChI is InChI=1S/C13H10F2N2O3/c1-7-11(12(18)19)17-9(6-16-7)8-4-2-3-5-10(8)20-13(14)15/h2-6,13H,1H3,(H,18,19). The van der Waals surface area contributed by atoms with E-state index in [9.17, 15) is 13.6 Å². The summed E-state index contributed by atoms with van der Waals surface area (Å²) in [5.74, 6) is -1.32. The molecule has 0 amide bonds. The molecule has 2 aromatic rings. The molecule has 1 heterocycles. The number of aromatic nitrogens is 2. The molecule has 0 bridgehead atoms. The molecular weight excluding hydrogens is 270 g/mol. The van der Waals surface area contributed by atoms with Crippen molar-refractivity contribution in [1.82, 2.24) is 9.97 Å². The maximum absolute atomic E-state index is 12.3. The molecule has 0 radical (unpaired) electrons. The van der Waals surface area contributed by atoms with E-state index in [2.05, 4.69) is 14.7 Å². The first-order valence-corrected chi connectivity index (χ1v) is 5.60. The topological polar surface area (TPSA) is 72.3 Å². The summed E-state index contributed by atoms with van der Waals surface area (Å²) in [6.07, 6.45) is 1.31. The summed E-state index contributed by atoms with van der Waals surface area (Å²) < 4.78 is 29.1. The second-order valence-corrected chi connectivity index (χ2v) is 3.87. The number of ether oxygens (including phenoxy) is 1. The number of alkyl halides is 2. The van der Waals surface area contributed by atoms with Crippen LogP contribution in [0.2, 0.25) is 0 Å². The van der Waals surface area contributed by atoms with Gasteiger partial charge < -0.3 is 9.84 Å². The van der Waals surface area contributed by atoms with Crippen molar-refractivity contribution in [3.8, 4) is 17.0 Å². The summed E-state index contributed by atoms with van der Waals surface area (Å²) in [6, 6.07) is 5.99. The average Bonchev–Trinajstić information content (AvgIpc) is 2.39. The zero-order valence-electron chi connectivity index (χ0n) is 10.4. The van der Waals surface area contributed by atoms with Gasteiger partial charge >= 0.3 is 12.6 Å². The third-order valence-corrected chi connectivity index (χ3v) is 2.54. The van der Waals surface area contributed by atoms with E-state index in [0.717, 1.165) is 0 Å². The molecule has 0 atom stereocenters. The number of halogens is 2. The first-order valence-electron chi connectivity index (χ1n) is 5.60. The normalized spacial score (nSPS) is 10.6. The Morgan fingerprint density at radius 3 is 2.70 bits per heavy atom. The smallest absolute Gasteiger partial charge is 0.387 e. The minimum Gasteiger partial charge on any atom is -0.476 e. The Balaban J connectivity index is 2.51. The number of nitrogens with zero attached hydrogens (tertiary/aromatic N) is 2. The Morgan fingerprint density at radius 2 is 2.05 bits per heavy atom. The van der Waals surface area contributed by atoms with Crippen molar-refractivity contribution in [2.45, 2.75) is 13.5 Å². The van der Waals surface area contributed by atoms with E-state index in [0.29, 0.717) is 0 Å². The highest BCUT2D eigenvalue weighted by molar-refractivity contribution is 5.87. The van der Waals surface area contributed by atoms with Gasteiger partial charge in [0, 0.05) is 5.56 Å². The van der Waals surface area contributed by atoms with Crippen LogP contribution in [0.5, 0.6) is 5.75 Å². The Kier molecular flexibility index (Phi) is 3.88. The number of hydrogen-bond donors (Lipinski definition) is 1. The summed E-state index contributed by atoms with van der Waals surface area (Å²) in [4.78, 5) is 18.8. The lowest BCUT2D eigenvalue weighted by Gasteiger charge is -2.10. The number of aryl methyl sites for hydroxylation is 1. The molecule has 1 aromatic carbocycles. The van der Waals surface area contributed by atoms with E-state index >= 15 is 0 Å². The van der Waals surface area contributed by atoms with E-state index in [-0.39, 0.29) is 28.4 Å². The number of rotatable bonds is 4. The van der Waals surface area contributed by atoms with Gasteiger partial charge in [0.1, 0.15) is 5.75 Å². The van der Waals surface area contributed by atoms with Crippen LogP contribution in [0.15, 0.2) is 30.5 Å². The van der Waals surface area contributed by atoms with Crippen molar-refractivity contribution in [3.05, 3.63) is 41.9 Å². The van der Waals surface area contributed by atoms with E-state index in [1.54, 1.807) is 6.07 Å². The van der Waals surface area contributed by atoms with Gasteiger partial charge in [0.2, 0.25) is 0 Å². The zero-order valence-corrected chi connectivity index (χ0v) is 10.4. The Labute approximate surface area is 112 Å². The second-order valence-electron chi connectivity index (χ2n) is 3.87. The molecule has 0 saturated heterocycles. The number of carboxylic acid groups (broad SMARTS) is 1. The zero-order chi connectivity index (χ0) is 14.7. The van der Waals surface area contributed by atoms with E-state index in [1.165, 1.54) is 31.3 Å². The first-order chi connectivity index (χ1) is 9.49. The van der Waals surface area contributed by atoms with Crippen molar-refractivity contribution >= 4 is 5.97 Å². The third-order valence-electron chi connectivity index (χ3n) is 2.54. The summed E-state index contributed by atoms with van der Waals surface area (Å²) in [6.45, 7) is -1.48. The van der Waals surface area contributed by atoms with Gasteiger partial charge in [-0.05, 0) is 19.1 Å². The minimum absolute atomic E-state index is 0.0861. The van der Waals surface area contributed by atoms with E-state index < -0.39 is 12.6 Å². The number of para-hydroxylation sites is 1. The maximum atomic E-state index is 12.3. The summed E-state index contributed by atoms with van der Waals surface area (Å²) in [5.41, 5.74) is 0.426. The Hall–Kier alpha value is -2.57. The number of hydrogen-bond acceptors (Lipinski definition) is 4. The molecule has 1 N–H and O–H groups in total. The predicted molar refractivity (Wildman–Crippen MR) is 65.8 cm³/mol. The number of carbonyl (C=O) groups is 1. The lowest BCUT2D eigenvalue weighted by Crippen LogP contribution is -2.07. The van der Waals surface area contributed by atoms with Gasteiger partial charge in [-0.2, -0.15) is 8.78 Å². The van der Waals surface area contributed by atoms with Gasteiger partial charge in [0.05, 0.1) is 17.6 Å². The average molecular weight is 280 g/mol. The second kappa shape index (κ2) is 5.60. The fraction of sp³-hybridized carbons (Fsp3) is 0.154. The first kappa shape index (κ1) is 13.9. The van der Waals surface area contributed by atoms with Gasteiger partial charge in [0.15, 0.2) is 5.69 Å². The van der Waals surface area contributed by atoms with E-state index in [1.807, 2.05) is 0 Å². The number of aromatic carboxylic acids is 1. The quantitative estimate of drug-likeness (QED) is 0.932. The van der Waals surface area contributed by atoms with Crippen molar-refractivity contribution in [2.24, 2.45) is 0 Å². The van der Waals surface area contributed by atoms with Crippen LogP contribution in [-0.4, -0.2) is 27.7 Å². The third kappa shape index (κ3) is 2.87. The number of benzene rings is 1. The van der Waals surface area contributed by atoms with Crippen molar-refractivity contribution in [3.63, 3.8) is 0 Å². The molecule has 0 fully saturated rings. The molecule has 0 spiro atoms. The number of carboxylic acids is 1. The summed E-state index contributed by atoms with van der Waals surface area (Å²) >= 11 is 0. The van der Waals surface area contributed by atoms with Crippen LogP contribution in [-0.2, 0) is 0 Å². The van der Waals surface area contributed by atoms with Gasteiger partial charge in [-0.15, -0.1) is 0 Å². The fourth-order valence-corrected chi connectivity index (χ4v) is 1.66. The molecule has 0 aliphatic heterocycles. The molecule has 20 heavy (non-hydrogen) atoms. The lowest BCUT2D eigenvalue weighted by atomic mass is 10.1. The predicted octanol–water partition coefficient (Wildman–Crippen LogP) is 2.75. The maximum Gasteiger partial charge on any atom is 0.387 e. The molecule has 0 aliphatic rings. The van der Waals surface area contributed by atoms with Crippen molar-refractivity contribution in [1.29, 1.82) is 0 Å². The van der Waals surface area contributed by atoms with Crippen LogP contribution in [0.3, 0.4) is 0 Å². The fourth-order valence-electron chi connectivity index (χ4n) is 1.66. The van der Waals surface area contributed by atoms with Gasteiger partial charge in [-0.25, -0.2) is 9.78 Å². The summed E-state index contributed by atoms with van der Waals surface area (Å²) in [7, 11) is 0. The minimum atomic E-state index is -2.98. The highest BCUT2D eigenvalue weighted by atomic mass is 19.3. The van der Waals surface area contributed by atoms with Crippen molar-refractivity contribution < 1.29 is 23.4 Å². The van der Waals surface area contributed by atoms with Gasteiger partial charge in [0.25, 0.3) is 0 Å². The van der Waals surface area contributed by atoms with Crippen LogP contribution in [0.1, 0.15) is 16.2 Å². The van der Waals surface area contributed by atoms with Crippen LogP contribution in [0.25, 0.3) is 11.3 Å². The lowest BCUT2D eigenvalue weighted by molar-refractivity contribution is -0.0494. The van der Waals surface area contributed by atoms with Gasteiger partial charge in [-0.1, -0.05) is 12.1 Å². The van der Waals surface area contributed by atoms with Crippen LogP contribution in [0.4, 0.5) is 8.78 Å². The highest BCUT2D eigenvalue weighted by Crippen LogP contribution is 2.29. The highest BCUT2D eigenvalue weighted by Gasteiger charge is 2.16. The molecule has 104 valence electrons. The van der Waals surface area contributed by atoms with E-state index in [4.69, 9.17) is 5.11 Å². The summed E-state index contributed by atoms with van der Waals surface area (Å²) in [5, 5.41) is 9.00. The molecule has 0 aliphatic carbocycles. The molecule has 0 unspecified atom stereocenters. The molecule has 2 rings (SSSR count). The molecule has 5 nitrogen and oxygen atoms in total. The molecular formula is C13H10F2N2O3. The van der Waals surface area contributed by atoms with Crippen molar-refractivity contribution in [2.75, 3.05) is 0 Å². The Bertz CT molecular complexity index is 647. The molecule has 0 saturated carbocycles. The van der Waals surface area contributed by atoms with Crippen LogP contribution < -0.4 is 4.74 Å². The molecule has 7 heteroatoms. The van der Waals surface area contributed by atoms with Crippen LogP contribution in [0, 0.1) is 6.92 Å². The SMILES string of the molecule is Cc1ncc(-c2ccccc2OC(F)F)nc1C(=O)O. The monoisotopic (exact) mass is 280 g/mol. The Morgan fingerprint density at radius 1 is 1.35 bits per heavy atom. The van der Waals surface area contributed by atoms with Gasteiger partial charge in [-0.3, -0.25) is 4.98 Å². The largest absolute Gasteiger partial charge is 0.476 e.